The third kappa shape index (κ3) is 3.75. The van der Waals surface area contributed by atoms with Gasteiger partial charge in [-0.05, 0) is 24.3 Å². The van der Waals surface area contributed by atoms with Crippen LogP contribution in [-0.2, 0) is 11.8 Å². The molecule has 1 aromatic heterocycles. The van der Waals surface area contributed by atoms with Crippen LogP contribution < -0.4 is 11.1 Å². The van der Waals surface area contributed by atoms with E-state index in [1.165, 1.54) is 11.8 Å². The molecule has 7 heteroatoms. The molecule has 1 amide bonds. The molecule has 0 atom stereocenters. The molecule has 0 fully saturated rings. The first-order valence-corrected chi connectivity index (χ1v) is 8.35. The summed E-state index contributed by atoms with van der Waals surface area (Å²) in [5, 5.41) is 11.9. The summed E-state index contributed by atoms with van der Waals surface area (Å²) >= 11 is 1.34. The van der Waals surface area contributed by atoms with Gasteiger partial charge in [0.2, 0.25) is 5.91 Å². The van der Waals surface area contributed by atoms with Crippen LogP contribution in [0.5, 0.6) is 0 Å². The van der Waals surface area contributed by atoms with Crippen molar-refractivity contribution in [3.05, 3.63) is 54.6 Å². The van der Waals surface area contributed by atoms with Crippen LogP contribution in [0.25, 0.3) is 11.4 Å². The normalized spacial score (nSPS) is 10.5. The van der Waals surface area contributed by atoms with Crippen molar-refractivity contribution in [1.29, 1.82) is 0 Å². The van der Waals surface area contributed by atoms with Gasteiger partial charge in [0, 0.05) is 24.0 Å². The summed E-state index contributed by atoms with van der Waals surface area (Å²) < 4.78 is 1.86. The molecule has 122 valence electrons. The highest BCUT2D eigenvalue weighted by atomic mass is 32.2. The smallest absolute Gasteiger partial charge is 0.234 e. The topological polar surface area (TPSA) is 85.8 Å². The van der Waals surface area contributed by atoms with Gasteiger partial charge in [0.25, 0.3) is 0 Å². The molecule has 3 N–H and O–H groups in total. The molecule has 0 unspecified atom stereocenters. The van der Waals surface area contributed by atoms with Crippen LogP contribution in [0.1, 0.15) is 0 Å². The van der Waals surface area contributed by atoms with Crippen LogP contribution in [-0.4, -0.2) is 26.4 Å². The van der Waals surface area contributed by atoms with E-state index in [1.807, 2.05) is 66.2 Å². The van der Waals surface area contributed by atoms with Gasteiger partial charge in [-0.25, -0.2) is 0 Å². The summed E-state index contributed by atoms with van der Waals surface area (Å²) in [6.07, 6.45) is 0. The highest BCUT2D eigenvalue weighted by Crippen LogP contribution is 2.24. The molecule has 24 heavy (non-hydrogen) atoms. The number of para-hydroxylation sites is 1. The second-order valence-electron chi connectivity index (χ2n) is 5.19. The third-order valence-electron chi connectivity index (χ3n) is 3.37. The zero-order chi connectivity index (χ0) is 16.9. The Hall–Kier alpha value is -2.80. The second kappa shape index (κ2) is 7.18. The first-order valence-electron chi connectivity index (χ1n) is 7.36. The number of carbonyl (C=O) groups is 1. The van der Waals surface area contributed by atoms with E-state index in [4.69, 9.17) is 5.73 Å². The SMILES string of the molecule is Cn1c(SCC(=O)Nc2ccccc2)nnc1-c1cccc(N)c1. The Morgan fingerprint density at radius 1 is 1.17 bits per heavy atom. The van der Waals surface area contributed by atoms with Crippen molar-refractivity contribution in [2.75, 3.05) is 16.8 Å². The number of nitrogens with one attached hydrogen (secondary N) is 1. The number of hydrogen-bond acceptors (Lipinski definition) is 5. The van der Waals surface area contributed by atoms with Crippen molar-refractivity contribution in [3.8, 4) is 11.4 Å². The van der Waals surface area contributed by atoms with Crippen molar-refractivity contribution in [1.82, 2.24) is 14.8 Å². The lowest BCUT2D eigenvalue weighted by molar-refractivity contribution is -0.113. The van der Waals surface area contributed by atoms with Gasteiger partial charge in [-0.2, -0.15) is 0 Å². The molecule has 1 heterocycles. The van der Waals surface area contributed by atoms with Crippen molar-refractivity contribution >= 4 is 29.0 Å². The minimum absolute atomic E-state index is 0.0836. The molecule has 0 saturated heterocycles. The van der Waals surface area contributed by atoms with E-state index >= 15 is 0 Å². The summed E-state index contributed by atoms with van der Waals surface area (Å²) in [6, 6.07) is 16.8. The fourth-order valence-electron chi connectivity index (χ4n) is 2.22. The van der Waals surface area contributed by atoms with Gasteiger partial charge >= 0.3 is 0 Å². The Kier molecular flexibility index (Phi) is 4.81. The number of thioether (sulfide) groups is 1. The molecule has 0 saturated carbocycles. The molecule has 6 nitrogen and oxygen atoms in total. The molecular weight excluding hydrogens is 322 g/mol. The summed E-state index contributed by atoms with van der Waals surface area (Å²) in [6.45, 7) is 0. The Labute approximate surface area is 144 Å². The molecule has 0 aliphatic carbocycles. The number of anilines is 2. The molecule has 0 aliphatic rings. The van der Waals surface area contributed by atoms with Gasteiger partial charge in [-0.3, -0.25) is 4.79 Å². The number of nitrogens with zero attached hydrogens (tertiary/aromatic N) is 3. The summed E-state index contributed by atoms with van der Waals surface area (Å²) in [5.41, 5.74) is 8.16. The monoisotopic (exact) mass is 339 g/mol. The maximum Gasteiger partial charge on any atom is 0.234 e. The highest BCUT2D eigenvalue weighted by Gasteiger charge is 2.13. The van der Waals surface area contributed by atoms with E-state index in [1.54, 1.807) is 0 Å². The van der Waals surface area contributed by atoms with E-state index < -0.39 is 0 Å². The Morgan fingerprint density at radius 3 is 2.71 bits per heavy atom. The maximum absolute atomic E-state index is 12.0. The number of rotatable bonds is 5. The number of aromatic nitrogens is 3. The first kappa shape index (κ1) is 16.1. The van der Waals surface area contributed by atoms with Gasteiger partial charge in [0.1, 0.15) is 0 Å². The van der Waals surface area contributed by atoms with Gasteiger partial charge in [0.15, 0.2) is 11.0 Å². The molecule has 2 aromatic carbocycles. The lowest BCUT2D eigenvalue weighted by Gasteiger charge is -2.06. The third-order valence-corrected chi connectivity index (χ3v) is 4.39. The molecule has 0 aliphatic heterocycles. The van der Waals surface area contributed by atoms with Crippen LogP contribution in [0.15, 0.2) is 59.8 Å². The Morgan fingerprint density at radius 2 is 1.96 bits per heavy atom. The van der Waals surface area contributed by atoms with E-state index in [2.05, 4.69) is 15.5 Å². The average Bonchev–Trinajstić information content (AvgIpc) is 2.95. The van der Waals surface area contributed by atoms with Crippen molar-refractivity contribution in [3.63, 3.8) is 0 Å². The fourth-order valence-corrected chi connectivity index (χ4v) is 2.93. The zero-order valence-electron chi connectivity index (χ0n) is 13.1. The maximum atomic E-state index is 12.0. The Balaban J connectivity index is 1.65. The summed E-state index contributed by atoms with van der Waals surface area (Å²) in [4.78, 5) is 12.0. The van der Waals surface area contributed by atoms with Crippen LogP contribution in [0.2, 0.25) is 0 Å². The molecule has 0 radical (unpaired) electrons. The van der Waals surface area contributed by atoms with Crippen LogP contribution in [0.3, 0.4) is 0 Å². The quantitative estimate of drug-likeness (QED) is 0.551. The predicted octanol–water partition coefficient (Wildman–Crippen LogP) is 2.80. The highest BCUT2D eigenvalue weighted by molar-refractivity contribution is 7.99. The van der Waals surface area contributed by atoms with E-state index in [9.17, 15) is 4.79 Å². The van der Waals surface area contributed by atoms with Gasteiger partial charge in [-0.1, -0.05) is 42.1 Å². The lowest BCUT2D eigenvalue weighted by Crippen LogP contribution is -2.14. The molecule has 3 rings (SSSR count). The molecular formula is C17H17N5OS. The summed E-state index contributed by atoms with van der Waals surface area (Å²) in [5.74, 6) is 0.894. The van der Waals surface area contributed by atoms with Crippen LogP contribution >= 0.6 is 11.8 Å². The lowest BCUT2D eigenvalue weighted by atomic mass is 10.2. The molecule has 0 spiro atoms. The first-order chi connectivity index (χ1) is 11.6. The minimum atomic E-state index is -0.0836. The average molecular weight is 339 g/mol. The van der Waals surface area contributed by atoms with E-state index in [0.29, 0.717) is 16.7 Å². The van der Waals surface area contributed by atoms with E-state index in [0.717, 1.165) is 11.3 Å². The standard InChI is InChI=1S/C17H17N5OS/c1-22-16(12-6-5-7-13(18)10-12)20-21-17(22)24-11-15(23)19-14-8-3-2-4-9-14/h2-10H,11,18H2,1H3,(H,19,23). The van der Waals surface area contributed by atoms with Crippen molar-refractivity contribution in [2.45, 2.75) is 5.16 Å². The van der Waals surface area contributed by atoms with Crippen molar-refractivity contribution in [2.24, 2.45) is 7.05 Å². The van der Waals surface area contributed by atoms with Gasteiger partial charge < -0.3 is 15.6 Å². The van der Waals surface area contributed by atoms with Gasteiger partial charge in [-0.15, -0.1) is 10.2 Å². The van der Waals surface area contributed by atoms with Gasteiger partial charge in [0.05, 0.1) is 5.75 Å². The number of amides is 1. The fraction of sp³-hybridized carbons (Fsp3) is 0.118. The zero-order valence-corrected chi connectivity index (χ0v) is 14.0. The number of carbonyl (C=O) groups excluding carboxylic acids is 1. The van der Waals surface area contributed by atoms with Crippen LogP contribution in [0.4, 0.5) is 11.4 Å². The predicted molar refractivity (Wildman–Crippen MR) is 96.6 cm³/mol. The number of nitrogen functional groups attached to an aromatic ring is 1. The van der Waals surface area contributed by atoms with Crippen molar-refractivity contribution < 1.29 is 4.79 Å². The Bertz CT molecular complexity index is 847. The number of hydrogen-bond donors (Lipinski definition) is 2. The van der Waals surface area contributed by atoms with E-state index in [-0.39, 0.29) is 11.7 Å². The minimum Gasteiger partial charge on any atom is -0.399 e. The molecule has 0 bridgehead atoms. The number of nitrogens with two attached hydrogens (primary N) is 1. The summed E-state index contributed by atoms with van der Waals surface area (Å²) in [7, 11) is 1.87. The largest absolute Gasteiger partial charge is 0.399 e. The second-order valence-corrected chi connectivity index (χ2v) is 6.14. The number of benzene rings is 2. The molecule has 3 aromatic rings. The van der Waals surface area contributed by atoms with Crippen LogP contribution in [0, 0.1) is 0 Å².